The third kappa shape index (κ3) is 1.95. The zero-order chi connectivity index (χ0) is 13.2. The van der Waals surface area contributed by atoms with Crippen LogP contribution in [-0.4, -0.2) is 10.1 Å². The summed E-state index contributed by atoms with van der Waals surface area (Å²) in [6, 6.07) is 9.93. The average molecular weight is 253 g/mol. The summed E-state index contributed by atoms with van der Waals surface area (Å²) in [5.41, 5.74) is 8.81. The second-order valence-corrected chi connectivity index (χ2v) is 4.50. The first-order valence-electron chi connectivity index (χ1n) is 6.39. The summed E-state index contributed by atoms with van der Waals surface area (Å²) in [6.07, 6.45) is 3.65. The Bertz CT molecular complexity index is 713. The molecular weight excluding hydrogens is 238 g/mol. The number of aromatic nitrogens is 2. The van der Waals surface area contributed by atoms with E-state index in [1.54, 1.807) is 6.20 Å². The number of pyridine rings is 1. The third-order valence-corrected chi connectivity index (χ3v) is 3.21. The summed E-state index contributed by atoms with van der Waals surface area (Å²) in [5, 5.41) is 4.95. The number of benzene rings is 1. The van der Waals surface area contributed by atoms with Gasteiger partial charge in [0, 0.05) is 22.7 Å². The minimum Gasteiger partial charge on any atom is -0.381 e. The van der Waals surface area contributed by atoms with Crippen molar-refractivity contribution in [1.82, 2.24) is 10.1 Å². The highest BCUT2D eigenvalue weighted by Gasteiger charge is 2.16. The molecule has 0 bridgehead atoms. The van der Waals surface area contributed by atoms with E-state index in [0.29, 0.717) is 5.82 Å². The maximum Gasteiger partial charge on any atom is 0.172 e. The van der Waals surface area contributed by atoms with Crippen LogP contribution in [0, 0.1) is 0 Å². The summed E-state index contributed by atoms with van der Waals surface area (Å²) in [4.78, 5) is 4.36. The number of anilines is 1. The minimum absolute atomic E-state index is 0.484. The van der Waals surface area contributed by atoms with Gasteiger partial charge in [0.05, 0.1) is 5.52 Å². The van der Waals surface area contributed by atoms with Crippen LogP contribution in [0.15, 0.2) is 41.1 Å². The van der Waals surface area contributed by atoms with E-state index >= 15 is 0 Å². The van der Waals surface area contributed by atoms with Crippen molar-refractivity contribution in [1.29, 1.82) is 0 Å². The molecule has 0 aliphatic rings. The fourth-order valence-electron chi connectivity index (χ4n) is 2.33. The topological polar surface area (TPSA) is 64.9 Å². The van der Waals surface area contributed by atoms with Crippen molar-refractivity contribution in [2.75, 3.05) is 5.73 Å². The number of nitrogen functional groups attached to an aromatic ring is 1. The summed E-state index contributed by atoms with van der Waals surface area (Å²) in [5.74, 6) is 1.25. The largest absolute Gasteiger partial charge is 0.381 e. The van der Waals surface area contributed by atoms with E-state index in [4.69, 9.17) is 10.3 Å². The second kappa shape index (κ2) is 4.72. The van der Waals surface area contributed by atoms with Gasteiger partial charge in [0.1, 0.15) is 0 Å². The number of hydrogen-bond acceptors (Lipinski definition) is 4. The molecule has 2 heterocycles. The van der Waals surface area contributed by atoms with Gasteiger partial charge >= 0.3 is 0 Å². The fourth-order valence-corrected chi connectivity index (χ4v) is 2.33. The zero-order valence-electron chi connectivity index (χ0n) is 10.8. The smallest absolute Gasteiger partial charge is 0.172 e. The third-order valence-electron chi connectivity index (χ3n) is 3.21. The molecule has 0 unspecified atom stereocenters. The Labute approximate surface area is 111 Å². The van der Waals surface area contributed by atoms with Crippen LogP contribution in [0.5, 0.6) is 0 Å². The molecule has 96 valence electrons. The molecule has 0 saturated carbocycles. The highest BCUT2D eigenvalue weighted by molar-refractivity contribution is 5.94. The van der Waals surface area contributed by atoms with Crippen molar-refractivity contribution in [3.05, 3.63) is 42.1 Å². The van der Waals surface area contributed by atoms with Crippen molar-refractivity contribution in [3.8, 4) is 11.3 Å². The molecule has 2 aromatic heterocycles. The van der Waals surface area contributed by atoms with E-state index in [2.05, 4.69) is 17.1 Å². The molecule has 0 aliphatic heterocycles. The van der Waals surface area contributed by atoms with E-state index in [1.165, 1.54) is 0 Å². The fraction of sp³-hybridized carbons (Fsp3) is 0.200. The molecule has 3 aromatic rings. The van der Waals surface area contributed by atoms with E-state index < -0.39 is 0 Å². The highest BCUT2D eigenvalue weighted by Crippen LogP contribution is 2.33. The van der Waals surface area contributed by atoms with Crippen LogP contribution in [0.25, 0.3) is 22.2 Å². The van der Waals surface area contributed by atoms with E-state index in [9.17, 15) is 0 Å². The molecular formula is C15H15N3O. The van der Waals surface area contributed by atoms with Crippen LogP contribution in [0.3, 0.4) is 0 Å². The molecule has 0 atom stereocenters. The summed E-state index contributed by atoms with van der Waals surface area (Å²) in [7, 11) is 0. The lowest BCUT2D eigenvalue weighted by atomic mass is 10.0. The maximum atomic E-state index is 5.89. The van der Waals surface area contributed by atoms with Gasteiger partial charge < -0.3 is 10.3 Å². The van der Waals surface area contributed by atoms with Gasteiger partial charge in [-0.1, -0.05) is 36.7 Å². The molecule has 0 amide bonds. The number of fused-ring (bicyclic) bond motifs is 1. The molecule has 0 aliphatic carbocycles. The SMILES string of the molecule is CCCc1c(N)noc1-c1cccc2ncccc12. The summed E-state index contributed by atoms with van der Waals surface area (Å²) in [6.45, 7) is 2.11. The molecule has 4 nitrogen and oxygen atoms in total. The Morgan fingerprint density at radius 2 is 2.11 bits per heavy atom. The normalized spacial score (nSPS) is 11.0. The Kier molecular flexibility index (Phi) is 2.91. The Morgan fingerprint density at radius 3 is 2.95 bits per heavy atom. The molecule has 2 N–H and O–H groups in total. The highest BCUT2D eigenvalue weighted by atomic mass is 16.5. The quantitative estimate of drug-likeness (QED) is 0.776. The molecule has 0 radical (unpaired) electrons. The van der Waals surface area contributed by atoms with Crippen LogP contribution >= 0.6 is 0 Å². The van der Waals surface area contributed by atoms with Gasteiger partial charge in [0.25, 0.3) is 0 Å². The molecule has 0 saturated heterocycles. The van der Waals surface area contributed by atoms with Crippen molar-refractivity contribution >= 4 is 16.7 Å². The number of nitrogens with two attached hydrogens (primary N) is 1. The Hall–Kier alpha value is -2.36. The lowest BCUT2D eigenvalue weighted by molar-refractivity contribution is 0.435. The van der Waals surface area contributed by atoms with Crippen LogP contribution in [-0.2, 0) is 6.42 Å². The Morgan fingerprint density at radius 1 is 1.21 bits per heavy atom. The van der Waals surface area contributed by atoms with Gasteiger partial charge in [0.2, 0.25) is 0 Å². The summed E-state index contributed by atoms with van der Waals surface area (Å²) >= 11 is 0. The minimum atomic E-state index is 0.484. The number of hydrogen-bond donors (Lipinski definition) is 1. The van der Waals surface area contributed by atoms with E-state index in [0.717, 1.165) is 40.6 Å². The molecule has 19 heavy (non-hydrogen) atoms. The van der Waals surface area contributed by atoms with E-state index in [-0.39, 0.29) is 0 Å². The first-order chi connectivity index (χ1) is 9.31. The molecule has 3 rings (SSSR count). The lowest BCUT2D eigenvalue weighted by Crippen LogP contribution is -1.93. The maximum absolute atomic E-state index is 5.89. The van der Waals surface area contributed by atoms with Crippen molar-refractivity contribution in [2.24, 2.45) is 0 Å². The standard InChI is InChI=1S/C15H15N3O/c1-2-5-12-14(19-18-15(12)16)11-6-3-8-13-10(11)7-4-9-17-13/h3-4,6-9H,2,5H2,1H3,(H2,16,18). The average Bonchev–Trinajstić information content (AvgIpc) is 2.80. The van der Waals surface area contributed by atoms with Gasteiger partial charge in [-0.25, -0.2) is 0 Å². The lowest BCUT2D eigenvalue weighted by Gasteiger charge is -2.04. The van der Waals surface area contributed by atoms with Gasteiger partial charge in [0.15, 0.2) is 11.6 Å². The number of nitrogens with zero attached hydrogens (tertiary/aromatic N) is 2. The predicted octanol–water partition coefficient (Wildman–Crippen LogP) is 3.42. The Balaban J connectivity index is 2.25. The first kappa shape index (κ1) is 11.7. The van der Waals surface area contributed by atoms with Gasteiger partial charge in [-0.15, -0.1) is 0 Å². The van der Waals surface area contributed by atoms with Gasteiger partial charge in [-0.2, -0.15) is 0 Å². The van der Waals surface area contributed by atoms with Gasteiger partial charge in [-0.3, -0.25) is 4.98 Å². The van der Waals surface area contributed by atoms with Crippen LogP contribution in [0.1, 0.15) is 18.9 Å². The number of rotatable bonds is 3. The second-order valence-electron chi connectivity index (χ2n) is 4.50. The zero-order valence-corrected chi connectivity index (χ0v) is 10.8. The monoisotopic (exact) mass is 253 g/mol. The van der Waals surface area contributed by atoms with Gasteiger partial charge in [-0.05, 0) is 18.6 Å². The van der Waals surface area contributed by atoms with Crippen molar-refractivity contribution in [3.63, 3.8) is 0 Å². The predicted molar refractivity (Wildman–Crippen MR) is 75.6 cm³/mol. The summed E-state index contributed by atoms with van der Waals surface area (Å²) < 4.78 is 5.44. The molecule has 0 fully saturated rings. The molecule has 0 spiro atoms. The van der Waals surface area contributed by atoms with Crippen molar-refractivity contribution in [2.45, 2.75) is 19.8 Å². The molecule has 1 aromatic carbocycles. The van der Waals surface area contributed by atoms with Crippen molar-refractivity contribution < 1.29 is 4.52 Å². The van der Waals surface area contributed by atoms with Crippen LogP contribution < -0.4 is 5.73 Å². The first-order valence-corrected chi connectivity index (χ1v) is 6.39. The van der Waals surface area contributed by atoms with E-state index in [1.807, 2.05) is 30.3 Å². The molecule has 4 heteroatoms. The van der Waals surface area contributed by atoms with Crippen LogP contribution in [0.2, 0.25) is 0 Å². The van der Waals surface area contributed by atoms with Crippen LogP contribution in [0.4, 0.5) is 5.82 Å².